The summed E-state index contributed by atoms with van der Waals surface area (Å²) >= 11 is 5.91. The molecular formula is C16H18ClN. The maximum Gasteiger partial charge on any atom is 0.0426 e. The van der Waals surface area contributed by atoms with Gasteiger partial charge in [-0.3, -0.25) is 0 Å². The minimum Gasteiger partial charge on any atom is -0.398 e. The minimum atomic E-state index is 0.677. The Morgan fingerprint density at radius 2 is 1.78 bits per heavy atom. The molecule has 2 aromatic rings. The van der Waals surface area contributed by atoms with Gasteiger partial charge in [0.15, 0.2) is 0 Å². The maximum absolute atomic E-state index is 5.99. The summed E-state index contributed by atoms with van der Waals surface area (Å²) in [5.74, 6) is 0. The zero-order valence-electron chi connectivity index (χ0n) is 10.6. The lowest BCUT2D eigenvalue weighted by atomic mass is 10.0. The van der Waals surface area contributed by atoms with E-state index < -0.39 is 0 Å². The first-order valence-corrected chi connectivity index (χ1v) is 6.73. The van der Waals surface area contributed by atoms with Crippen LogP contribution in [0.15, 0.2) is 42.5 Å². The summed E-state index contributed by atoms with van der Waals surface area (Å²) in [5, 5.41) is 0.677. The highest BCUT2D eigenvalue weighted by Gasteiger charge is 2.03. The van der Waals surface area contributed by atoms with E-state index >= 15 is 0 Å². The molecule has 0 aromatic heterocycles. The third-order valence-electron chi connectivity index (χ3n) is 3.10. The first-order chi connectivity index (χ1) is 8.70. The number of halogens is 1. The summed E-state index contributed by atoms with van der Waals surface area (Å²) in [6, 6.07) is 14.3. The van der Waals surface area contributed by atoms with Crippen LogP contribution < -0.4 is 5.73 Å². The molecule has 0 heterocycles. The molecule has 2 N–H and O–H groups in total. The van der Waals surface area contributed by atoms with E-state index in [-0.39, 0.29) is 0 Å². The summed E-state index contributed by atoms with van der Waals surface area (Å²) in [6.45, 7) is 2.21. The molecule has 1 nitrogen and oxygen atoms in total. The average molecular weight is 260 g/mol. The molecule has 0 aliphatic carbocycles. The largest absolute Gasteiger partial charge is 0.398 e. The number of benzene rings is 2. The van der Waals surface area contributed by atoms with Gasteiger partial charge >= 0.3 is 0 Å². The molecule has 2 rings (SSSR count). The van der Waals surface area contributed by atoms with Crippen LogP contribution in [0.2, 0.25) is 5.02 Å². The van der Waals surface area contributed by atoms with Crippen LogP contribution in [0.4, 0.5) is 5.69 Å². The van der Waals surface area contributed by atoms with Gasteiger partial charge in [0.2, 0.25) is 0 Å². The normalized spacial score (nSPS) is 10.6. The number of rotatable bonds is 4. The molecule has 2 heteroatoms. The van der Waals surface area contributed by atoms with E-state index in [1.807, 2.05) is 12.1 Å². The molecule has 0 aliphatic rings. The quantitative estimate of drug-likeness (QED) is 0.774. The fraction of sp³-hybridized carbons (Fsp3) is 0.250. The van der Waals surface area contributed by atoms with Crippen molar-refractivity contribution in [2.75, 3.05) is 5.73 Å². The van der Waals surface area contributed by atoms with Gasteiger partial charge in [-0.05, 0) is 36.1 Å². The van der Waals surface area contributed by atoms with E-state index in [2.05, 4.69) is 31.2 Å². The Hall–Kier alpha value is -1.47. The molecule has 0 saturated carbocycles. The predicted octanol–water partition coefficient (Wildman–Crippen LogP) is 4.93. The Balaban J connectivity index is 2.23. The Bertz CT molecular complexity index is 517. The van der Waals surface area contributed by atoms with Crippen LogP contribution in [0.1, 0.15) is 25.3 Å². The van der Waals surface area contributed by atoms with Gasteiger partial charge in [0.25, 0.3) is 0 Å². The van der Waals surface area contributed by atoms with Crippen molar-refractivity contribution in [1.29, 1.82) is 0 Å². The van der Waals surface area contributed by atoms with Crippen molar-refractivity contribution in [3.05, 3.63) is 53.1 Å². The summed E-state index contributed by atoms with van der Waals surface area (Å²) in [4.78, 5) is 0. The Kier molecular flexibility index (Phi) is 4.27. The first-order valence-electron chi connectivity index (χ1n) is 6.35. The molecule has 0 radical (unpaired) electrons. The fourth-order valence-electron chi connectivity index (χ4n) is 2.03. The maximum atomic E-state index is 5.99. The van der Waals surface area contributed by atoms with Gasteiger partial charge in [-0.15, -0.1) is 0 Å². The van der Waals surface area contributed by atoms with Crippen LogP contribution in [0, 0.1) is 0 Å². The van der Waals surface area contributed by atoms with Crippen molar-refractivity contribution < 1.29 is 0 Å². The van der Waals surface area contributed by atoms with E-state index in [4.69, 9.17) is 17.3 Å². The number of unbranched alkanes of at least 4 members (excludes halogenated alkanes) is 1. The van der Waals surface area contributed by atoms with Crippen molar-refractivity contribution in [2.45, 2.75) is 26.2 Å². The molecule has 0 aliphatic heterocycles. The van der Waals surface area contributed by atoms with Gasteiger partial charge < -0.3 is 5.73 Å². The molecule has 18 heavy (non-hydrogen) atoms. The standard InChI is InChI=1S/C16H18ClN/c1-2-3-4-12-5-7-13(8-6-12)15-10-9-14(17)11-16(15)18/h5-11H,2-4,18H2,1H3. The molecule has 0 unspecified atom stereocenters. The lowest BCUT2D eigenvalue weighted by Crippen LogP contribution is -1.90. The molecular weight excluding hydrogens is 242 g/mol. The molecule has 0 spiro atoms. The van der Waals surface area contributed by atoms with Crippen molar-refractivity contribution in [3.8, 4) is 11.1 Å². The van der Waals surface area contributed by atoms with Crippen molar-refractivity contribution in [1.82, 2.24) is 0 Å². The highest BCUT2D eigenvalue weighted by Crippen LogP contribution is 2.28. The van der Waals surface area contributed by atoms with Crippen LogP contribution >= 0.6 is 11.6 Å². The van der Waals surface area contributed by atoms with Gasteiger partial charge in [-0.1, -0.05) is 55.3 Å². The van der Waals surface area contributed by atoms with Gasteiger partial charge in [0.05, 0.1) is 0 Å². The van der Waals surface area contributed by atoms with E-state index in [1.165, 1.54) is 18.4 Å². The number of nitrogens with two attached hydrogens (primary N) is 1. The van der Waals surface area contributed by atoms with Crippen LogP contribution in [-0.4, -0.2) is 0 Å². The van der Waals surface area contributed by atoms with Gasteiger partial charge in [0.1, 0.15) is 0 Å². The highest BCUT2D eigenvalue weighted by atomic mass is 35.5. The number of hydrogen-bond acceptors (Lipinski definition) is 1. The van der Waals surface area contributed by atoms with Crippen LogP contribution in [-0.2, 0) is 6.42 Å². The summed E-state index contributed by atoms with van der Waals surface area (Å²) < 4.78 is 0. The molecule has 0 atom stereocenters. The Labute approximate surface area is 114 Å². The third kappa shape index (κ3) is 3.05. The molecule has 0 amide bonds. The smallest absolute Gasteiger partial charge is 0.0426 e. The number of anilines is 1. The number of nitrogen functional groups attached to an aromatic ring is 1. The second-order valence-electron chi connectivity index (χ2n) is 4.53. The third-order valence-corrected chi connectivity index (χ3v) is 3.33. The summed E-state index contributed by atoms with van der Waals surface area (Å²) in [7, 11) is 0. The van der Waals surface area contributed by atoms with Crippen molar-refractivity contribution in [2.24, 2.45) is 0 Å². The SMILES string of the molecule is CCCCc1ccc(-c2ccc(Cl)cc2N)cc1. The second-order valence-corrected chi connectivity index (χ2v) is 4.97. The van der Waals surface area contributed by atoms with Crippen LogP contribution in [0.3, 0.4) is 0 Å². The minimum absolute atomic E-state index is 0.677. The molecule has 0 bridgehead atoms. The zero-order valence-corrected chi connectivity index (χ0v) is 11.4. The molecule has 94 valence electrons. The molecule has 0 saturated heterocycles. The Morgan fingerprint density at radius 1 is 1.06 bits per heavy atom. The lowest BCUT2D eigenvalue weighted by molar-refractivity contribution is 0.795. The highest BCUT2D eigenvalue weighted by molar-refractivity contribution is 6.31. The topological polar surface area (TPSA) is 26.0 Å². The van der Waals surface area contributed by atoms with Crippen molar-refractivity contribution >= 4 is 17.3 Å². The van der Waals surface area contributed by atoms with Gasteiger partial charge in [0, 0.05) is 16.3 Å². The zero-order chi connectivity index (χ0) is 13.0. The monoisotopic (exact) mass is 259 g/mol. The van der Waals surface area contributed by atoms with E-state index in [1.54, 1.807) is 6.07 Å². The van der Waals surface area contributed by atoms with Crippen molar-refractivity contribution in [3.63, 3.8) is 0 Å². The summed E-state index contributed by atoms with van der Waals surface area (Å²) in [6.07, 6.45) is 3.61. The van der Waals surface area contributed by atoms with E-state index in [0.29, 0.717) is 5.02 Å². The average Bonchev–Trinajstić information content (AvgIpc) is 2.37. The van der Waals surface area contributed by atoms with E-state index in [0.717, 1.165) is 23.2 Å². The summed E-state index contributed by atoms with van der Waals surface area (Å²) in [5.41, 5.74) is 10.3. The van der Waals surface area contributed by atoms with Gasteiger partial charge in [-0.2, -0.15) is 0 Å². The number of aryl methyl sites for hydroxylation is 1. The van der Waals surface area contributed by atoms with Crippen LogP contribution in [0.25, 0.3) is 11.1 Å². The molecule has 2 aromatic carbocycles. The first kappa shape index (κ1) is 13.0. The molecule has 0 fully saturated rings. The second kappa shape index (κ2) is 5.92. The van der Waals surface area contributed by atoms with Crippen LogP contribution in [0.5, 0.6) is 0 Å². The lowest BCUT2D eigenvalue weighted by Gasteiger charge is -2.07. The number of hydrogen-bond donors (Lipinski definition) is 1. The Morgan fingerprint density at radius 3 is 2.39 bits per heavy atom. The van der Waals surface area contributed by atoms with E-state index in [9.17, 15) is 0 Å². The fourth-order valence-corrected chi connectivity index (χ4v) is 2.21. The van der Waals surface area contributed by atoms with Gasteiger partial charge in [-0.25, -0.2) is 0 Å². The predicted molar refractivity (Wildman–Crippen MR) is 79.9 cm³/mol.